The van der Waals surface area contributed by atoms with Gasteiger partial charge in [-0.15, -0.1) is 0 Å². The molecule has 152 valence electrons. The van der Waals surface area contributed by atoms with Gasteiger partial charge in [-0.3, -0.25) is 13.9 Å². The van der Waals surface area contributed by atoms with Crippen LogP contribution in [0.2, 0.25) is 0 Å². The van der Waals surface area contributed by atoms with Crippen molar-refractivity contribution in [3.63, 3.8) is 0 Å². The molecule has 1 atom stereocenters. The molecule has 1 aromatic heterocycles. The zero-order valence-corrected chi connectivity index (χ0v) is 16.7. The van der Waals surface area contributed by atoms with Gasteiger partial charge >= 0.3 is 11.8 Å². The maximum Gasteiger partial charge on any atom is 0.430 e. The van der Waals surface area contributed by atoms with Crippen LogP contribution >= 0.6 is 0 Å². The number of hydrogen-bond acceptors (Lipinski definition) is 6. The van der Waals surface area contributed by atoms with Gasteiger partial charge in [-0.2, -0.15) is 10.1 Å². The number of ether oxygens (including phenoxy) is 1. The van der Waals surface area contributed by atoms with Crippen LogP contribution in [0.3, 0.4) is 0 Å². The molecule has 1 unspecified atom stereocenters. The van der Waals surface area contributed by atoms with E-state index in [9.17, 15) is 14.4 Å². The fraction of sp³-hybridized carbons (Fsp3) is 0.722. The van der Waals surface area contributed by atoms with Crippen molar-refractivity contribution in [3.05, 3.63) is 26.4 Å². The molecular weight excluding hydrogens is 350 g/mol. The van der Waals surface area contributed by atoms with Gasteiger partial charge in [0.1, 0.15) is 0 Å². The maximum atomic E-state index is 13.1. The summed E-state index contributed by atoms with van der Waals surface area (Å²) in [6, 6.07) is -0.611. The lowest BCUT2D eigenvalue weighted by Crippen LogP contribution is -2.49. The summed E-state index contributed by atoms with van der Waals surface area (Å²) in [6.45, 7) is 6.66. The van der Waals surface area contributed by atoms with E-state index >= 15 is 0 Å². The molecule has 27 heavy (non-hydrogen) atoms. The highest BCUT2D eigenvalue weighted by molar-refractivity contribution is 5.73. The average Bonchev–Trinajstić information content (AvgIpc) is 2.91. The van der Waals surface area contributed by atoms with Crippen molar-refractivity contribution < 1.29 is 9.53 Å². The van der Waals surface area contributed by atoms with Gasteiger partial charge < -0.3 is 4.74 Å². The number of rotatable bonds is 8. The van der Waals surface area contributed by atoms with E-state index in [0.29, 0.717) is 18.7 Å². The van der Waals surface area contributed by atoms with Gasteiger partial charge in [0.05, 0.1) is 18.7 Å². The van der Waals surface area contributed by atoms with Crippen molar-refractivity contribution in [2.24, 2.45) is 5.84 Å². The molecule has 0 aliphatic carbocycles. The minimum Gasteiger partial charge on any atom is -0.451 e. The second kappa shape index (κ2) is 9.07. The third kappa shape index (κ3) is 3.87. The summed E-state index contributed by atoms with van der Waals surface area (Å²) >= 11 is 0. The number of carbonyl (C=O) groups excluding carboxylic acids is 1. The van der Waals surface area contributed by atoms with Gasteiger partial charge in [-0.25, -0.2) is 15.4 Å². The monoisotopic (exact) mass is 381 g/mol. The molecule has 0 spiro atoms. The highest BCUT2D eigenvalue weighted by Crippen LogP contribution is 2.35. The summed E-state index contributed by atoms with van der Waals surface area (Å²) in [5.74, 6) is 6.41. The summed E-state index contributed by atoms with van der Waals surface area (Å²) < 4.78 is 7.60. The first-order chi connectivity index (χ1) is 12.9. The number of hydrogen-bond donors (Lipinski definition) is 1. The van der Waals surface area contributed by atoms with Gasteiger partial charge in [0, 0.05) is 13.1 Å². The van der Waals surface area contributed by atoms with E-state index in [1.165, 1.54) is 16.2 Å². The number of hydrazine groups is 2. The first-order valence-corrected chi connectivity index (χ1v) is 9.70. The topological polar surface area (TPSA) is 103 Å². The lowest BCUT2D eigenvalue weighted by atomic mass is 10.1. The minimum atomic E-state index is -0.675. The number of aromatic nitrogens is 2. The lowest BCUT2D eigenvalue weighted by molar-refractivity contribution is 0.108. The normalized spacial score (nSPS) is 16.0. The van der Waals surface area contributed by atoms with Crippen LogP contribution in [0.25, 0.3) is 0 Å². The largest absolute Gasteiger partial charge is 0.451 e. The van der Waals surface area contributed by atoms with E-state index in [1.807, 2.05) is 0 Å². The average molecular weight is 381 g/mol. The molecule has 1 aliphatic rings. The number of carbonyl (C=O) groups is 1. The second-order valence-electron chi connectivity index (χ2n) is 6.88. The Labute approximate surface area is 159 Å². The zero-order valence-electron chi connectivity index (χ0n) is 16.7. The predicted octanol–water partition coefficient (Wildman–Crippen LogP) is 2.13. The van der Waals surface area contributed by atoms with Crippen LogP contribution in [0.5, 0.6) is 0 Å². The molecule has 9 heteroatoms. The van der Waals surface area contributed by atoms with Crippen LogP contribution in [0.4, 0.5) is 10.6 Å². The van der Waals surface area contributed by atoms with E-state index in [1.54, 1.807) is 6.92 Å². The molecule has 0 fully saturated rings. The van der Waals surface area contributed by atoms with Crippen molar-refractivity contribution in [1.29, 1.82) is 0 Å². The molecule has 0 bridgehead atoms. The highest BCUT2D eigenvalue weighted by Gasteiger charge is 2.42. The Morgan fingerprint density at radius 3 is 2.11 bits per heavy atom. The maximum absolute atomic E-state index is 13.1. The molecule has 9 nitrogen and oxygen atoms in total. The number of amides is 1. The summed E-state index contributed by atoms with van der Waals surface area (Å²) in [7, 11) is 1.25. The van der Waals surface area contributed by atoms with Crippen LogP contribution in [0, 0.1) is 0 Å². The molecule has 1 aliphatic heterocycles. The van der Waals surface area contributed by atoms with Crippen molar-refractivity contribution in [2.75, 3.05) is 12.2 Å². The van der Waals surface area contributed by atoms with Gasteiger partial charge in [-0.1, -0.05) is 39.5 Å². The SMILES string of the molecule is CCCCCn1c2c(c(=O)n(CCCCC)c1=O)C(C)N(C(=O)OC)N2N. The highest BCUT2D eigenvalue weighted by atomic mass is 16.5. The molecule has 1 aromatic rings. The quantitative estimate of drug-likeness (QED) is 0.547. The summed E-state index contributed by atoms with van der Waals surface area (Å²) in [4.78, 5) is 38.3. The van der Waals surface area contributed by atoms with Crippen LogP contribution in [-0.4, -0.2) is 27.3 Å². The molecule has 0 aromatic carbocycles. The molecule has 0 saturated heterocycles. The Balaban J connectivity index is 2.60. The van der Waals surface area contributed by atoms with Crippen molar-refractivity contribution in [1.82, 2.24) is 14.1 Å². The van der Waals surface area contributed by atoms with E-state index < -0.39 is 12.1 Å². The standard InChI is InChI=1S/C18H31N5O4/c1-5-7-9-11-20-15-14(13(3)22(23(15)19)18(26)27-4)16(24)21(17(20)25)12-10-8-6-2/h13H,5-12,19H2,1-4H3. The Bertz CT molecular complexity index is 785. The molecule has 2 N–H and O–H groups in total. The molecule has 0 saturated carbocycles. The summed E-state index contributed by atoms with van der Waals surface area (Å²) in [6.07, 6.45) is 4.75. The van der Waals surface area contributed by atoms with Crippen LogP contribution in [0.15, 0.2) is 9.59 Å². The molecule has 2 rings (SSSR count). The van der Waals surface area contributed by atoms with E-state index in [0.717, 1.165) is 48.7 Å². The molecule has 2 heterocycles. The fourth-order valence-electron chi connectivity index (χ4n) is 3.51. The Morgan fingerprint density at radius 1 is 1.04 bits per heavy atom. The van der Waals surface area contributed by atoms with Crippen molar-refractivity contribution >= 4 is 11.9 Å². The number of nitrogens with two attached hydrogens (primary N) is 1. The number of methoxy groups -OCH3 is 1. The van der Waals surface area contributed by atoms with E-state index in [4.69, 9.17) is 10.6 Å². The lowest BCUT2D eigenvalue weighted by Gasteiger charge is -2.27. The van der Waals surface area contributed by atoms with Crippen molar-refractivity contribution in [2.45, 2.75) is 78.4 Å². The van der Waals surface area contributed by atoms with Gasteiger partial charge in [-0.05, 0) is 19.8 Å². The summed E-state index contributed by atoms with van der Waals surface area (Å²) in [5, 5.41) is 2.25. The van der Waals surface area contributed by atoms with Gasteiger partial charge in [0.15, 0.2) is 5.82 Å². The fourth-order valence-corrected chi connectivity index (χ4v) is 3.51. The first kappa shape index (κ1) is 21.0. The van der Waals surface area contributed by atoms with Crippen LogP contribution < -0.4 is 22.2 Å². The molecular formula is C18H31N5O4. The van der Waals surface area contributed by atoms with Crippen LogP contribution in [-0.2, 0) is 17.8 Å². The number of anilines is 1. The Hall–Kier alpha value is -2.29. The van der Waals surface area contributed by atoms with Crippen LogP contribution in [0.1, 0.15) is 70.9 Å². The Morgan fingerprint density at radius 2 is 1.59 bits per heavy atom. The second-order valence-corrected chi connectivity index (χ2v) is 6.88. The van der Waals surface area contributed by atoms with E-state index in [-0.39, 0.29) is 17.1 Å². The number of unbranched alkanes of at least 4 members (excludes halogenated alkanes) is 4. The van der Waals surface area contributed by atoms with Crippen molar-refractivity contribution in [3.8, 4) is 0 Å². The smallest absolute Gasteiger partial charge is 0.430 e. The van der Waals surface area contributed by atoms with Gasteiger partial charge in [0.25, 0.3) is 5.56 Å². The molecule has 1 amide bonds. The molecule has 0 radical (unpaired) electrons. The minimum absolute atomic E-state index is 0.283. The zero-order chi connectivity index (χ0) is 20.1. The number of fused-ring (bicyclic) bond motifs is 1. The number of nitrogens with zero attached hydrogens (tertiary/aromatic N) is 4. The third-order valence-electron chi connectivity index (χ3n) is 5.00. The summed E-state index contributed by atoms with van der Waals surface area (Å²) in [5.41, 5.74) is -0.400. The van der Waals surface area contributed by atoms with E-state index in [2.05, 4.69) is 13.8 Å². The third-order valence-corrected chi connectivity index (χ3v) is 5.00. The first-order valence-electron chi connectivity index (χ1n) is 9.70. The Kier molecular flexibility index (Phi) is 7.06. The van der Waals surface area contributed by atoms with Gasteiger partial charge in [0.2, 0.25) is 0 Å². The predicted molar refractivity (Wildman–Crippen MR) is 103 cm³/mol.